The Morgan fingerprint density at radius 2 is 1.71 bits per heavy atom. The number of hydrogen-bond acceptors (Lipinski definition) is 8. The molecule has 0 amide bonds. The fourth-order valence-electron chi connectivity index (χ4n) is 2.38. The van der Waals surface area contributed by atoms with Gasteiger partial charge in [-0.1, -0.05) is 18.2 Å². The van der Waals surface area contributed by atoms with Crippen molar-refractivity contribution in [1.82, 2.24) is 19.7 Å². The highest BCUT2D eigenvalue weighted by molar-refractivity contribution is 7.89. The van der Waals surface area contributed by atoms with Crippen LogP contribution in [-0.4, -0.2) is 43.6 Å². The van der Waals surface area contributed by atoms with E-state index in [0.717, 1.165) is 0 Å². The van der Waals surface area contributed by atoms with E-state index in [1.807, 2.05) is 18.2 Å². The Bertz CT molecular complexity index is 1010. The third kappa shape index (κ3) is 5.15. The smallest absolute Gasteiger partial charge is 0.244 e. The van der Waals surface area contributed by atoms with Crippen LogP contribution in [0.15, 0.2) is 66.0 Å². The Labute approximate surface area is 163 Å². The molecule has 0 saturated heterocycles. The molecule has 10 heteroatoms. The maximum Gasteiger partial charge on any atom is 0.244 e. The highest BCUT2D eigenvalue weighted by atomic mass is 32.2. The Morgan fingerprint density at radius 3 is 2.50 bits per heavy atom. The number of aromatic nitrogens is 3. The zero-order valence-electron chi connectivity index (χ0n) is 15.2. The van der Waals surface area contributed by atoms with Gasteiger partial charge in [0.1, 0.15) is 34.4 Å². The van der Waals surface area contributed by atoms with Crippen molar-refractivity contribution >= 4 is 27.5 Å². The van der Waals surface area contributed by atoms with Crippen molar-refractivity contribution in [2.24, 2.45) is 0 Å². The number of rotatable bonds is 9. The quantitative estimate of drug-likeness (QED) is 0.467. The first-order valence-electron chi connectivity index (χ1n) is 8.45. The van der Waals surface area contributed by atoms with E-state index in [1.165, 1.54) is 19.5 Å². The van der Waals surface area contributed by atoms with Gasteiger partial charge in [0.15, 0.2) is 0 Å². The molecule has 0 spiro atoms. The highest BCUT2D eigenvalue weighted by Gasteiger charge is 2.18. The standard InChI is InChI=1S/C18H20N6O3S/c1-27-14-6-2-3-7-15(14)28(25,26)23-11-10-20-17-12-18(22-13-21-17)24-16-8-4-5-9-19-16/h2-9,12-13,23H,10-11H2,1H3,(H2,19,20,21,22,24). The number of ether oxygens (including phenoxy) is 1. The van der Waals surface area contributed by atoms with E-state index in [1.54, 1.807) is 30.5 Å². The molecule has 3 N–H and O–H groups in total. The molecule has 0 unspecified atom stereocenters. The first-order chi connectivity index (χ1) is 13.6. The van der Waals surface area contributed by atoms with Gasteiger partial charge in [-0.2, -0.15) is 0 Å². The number of nitrogens with zero attached hydrogens (tertiary/aromatic N) is 3. The summed E-state index contributed by atoms with van der Waals surface area (Å²) in [7, 11) is -2.24. The molecule has 2 heterocycles. The number of methoxy groups -OCH3 is 1. The summed E-state index contributed by atoms with van der Waals surface area (Å²) in [5.74, 6) is 2.09. The van der Waals surface area contributed by atoms with Gasteiger partial charge in [-0.25, -0.2) is 28.1 Å². The minimum atomic E-state index is -3.67. The fourth-order valence-corrected chi connectivity index (χ4v) is 3.59. The minimum Gasteiger partial charge on any atom is -0.495 e. The summed E-state index contributed by atoms with van der Waals surface area (Å²) in [6.45, 7) is 0.516. The van der Waals surface area contributed by atoms with Crippen molar-refractivity contribution in [2.75, 3.05) is 30.8 Å². The molecule has 2 aromatic heterocycles. The first kappa shape index (κ1) is 19.5. The molecule has 9 nitrogen and oxygen atoms in total. The van der Waals surface area contributed by atoms with Gasteiger partial charge in [0.25, 0.3) is 0 Å². The van der Waals surface area contributed by atoms with Crippen LogP contribution in [0.2, 0.25) is 0 Å². The molecular formula is C18H20N6O3S. The normalized spacial score (nSPS) is 11.0. The van der Waals surface area contributed by atoms with Crippen molar-refractivity contribution in [3.63, 3.8) is 0 Å². The van der Waals surface area contributed by atoms with Crippen molar-refractivity contribution in [1.29, 1.82) is 0 Å². The fraction of sp³-hybridized carbons (Fsp3) is 0.167. The number of para-hydroxylation sites is 1. The lowest BCUT2D eigenvalue weighted by atomic mass is 10.3. The zero-order valence-corrected chi connectivity index (χ0v) is 16.0. The first-order valence-corrected chi connectivity index (χ1v) is 9.93. The average Bonchev–Trinajstić information content (AvgIpc) is 2.72. The van der Waals surface area contributed by atoms with E-state index in [0.29, 0.717) is 29.7 Å². The van der Waals surface area contributed by atoms with E-state index in [9.17, 15) is 8.42 Å². The molecule has 0 fully saturated rings. The lowest BCUT2D eigenvalue weighted by molar-refractivity contribution is 0.402. The molecule has 1 aromatic carbocycles. The van der Waals surface area contributed by atoms with E-state index in [4.69, 9.17) is 4.74 Å². The Morgan fingerprint density at radius 1 is 0.929 bits per heavy atom. The molecule has 0 aliphatic carbocycles. The van der Waals surface area contributed by atoms with E-state index in [2.05, 4.69) is 30.3 Å². The molecule has 3 rings (SSSR count). The average molecular weight is 400 g/mol. The Hall–Kier alpha value is -3.24. The van der Waals surface area contributed by atoms with Crippen LogP contribution >= 0.6 is 0 Å². The van der Waals surface area contributed by atoms with Gasteiger partial charge in [0, 0.05) is 25.4 Å². The highest BCUT2D eigenvalue weighted by Crippen LogP contribution is 2.22. The van der Waals surface area contributed by atoms with Crippen LogP contribution in [0.5, 0.6) is 5.75 Å². The molecule has 0 aliphatic heterocycles. The summed E-state index contributed by atoms with van der Waals surface area (Å²) in [4.78, 5) is 12.5. The number of nitrogens with one attached hydrogen (secondary N) is 3. The summed E-state index contributed by atoms with van der Waals surface area (Å²) >= 11 is 0. The van der Waals surface area contributed by atoms with Crippen molar-refractivity contribution < 1.29 is 13.2 Å². The maximum atomic E-state index is 12.4. The van der Waals surface area contributed by atoms with Crippen LogP contribution in [0.3, 0.4) is 0 Å². The molecule has 146 valence electrons. The van der Waals surface area contributed by atoms with Gasteiger partial charge >= 0.3 is 0 Å². The van der Waals surface area contributed by atoms with Crippen LogP contribution < -0.4 is 20.1 Å². The molecule has 0 bridgehead atoms. The maximum absolute atomic E-state index is 12.4. The zero-order chi connectivity index (χ0) is 19.8. The molecule has 0 atom stereocenters. The third-order valence-electron chi connectivity index (χ3n) is 3.67. The van der Waals surface area contributed by atoms with Crippen molar-refractivity contribution in [3.05, 3.63) is 61.1 Å². The van der Waals surface area contributed by atoms with Gasteiger partial charge in [-0.3, -0.25) is 0 Å². The van der Waals surface area contributed by atoms with Gasteiger partial charge in [-0.05, 0) is 24.3 Å². The number of benzene rings is 1. The van der Waals surface area contributed by atoms with Crippen molar-refractivity contribution in [2.45, 2.75) is 4.90 Å². The van der Waals surface area contributed by atoms with Crippen LogP contribution in [0.25, 0.3) is 0 Å². The molecular weight excluding hydrogens is 380 g/mol. The minimum absolute atomic E-state index is 0.0985. The SMILES string of the molecule is COc1ccccc1S(=O)(=O)NCCNc1cc(Nc2ccccn2)ncn1. The van der Waals surface area contributed by atoms with Gasteiger partial charge in [-0.15, -0.1) is 0 Å². The predicted octanol–water partition coefficient (Wildman–Crippen LogP) is 2.01. The van der Waals surface area contributed by atoms with Crippen LogP contribution in [-0.2, 0) is 10.0 Å². The monoisotopic (exact) mass is 400 g/mol. The van der Waals surface area contributed by atoms with Gasteiger partial charge in [0.2, 0.25) is 10.0 Å². The van der Waals surface area contributed by atoms with Crippen LogP contribution in [0, 0.1) is 0 Å². The molecule has 28 heavy (non-hydrogen) atoms. The summed E-state index contributed by atoms with van der Waals surface area (Å²) in [5, 5.41) is 6.12. The molecule has 3 aromatic rings. The Kier molecular flexibility index (Phi) is 6.35. The van der Waals surface area contributed by atoms with Gasteiger partial charge in [0.05, 0.1) is 7.11 Å². The summed E-state index contributed by atoms with van der Waals surface area (Å²) in [5.41, 5.74) is 0. The summed E-state index contributed by atoms with van der Waals surface area (Å²) < 4.78 is 32.5. The molecule has 0 saturated carbocycles. The number of hydrogen-bond donors (Lipinski definition) is 3. The lowest BCUT2D eigenvalue weighted by Crippen LogP contribution is -2.29. The van der Waals surface area contributed by atoms with Crippen LogP contribution in [0.4, 0.5) is 17.5 Å². The number of anilines is 3. The third-order valence-corrected chi connectivity index (χ3v) is 5.17. The number of sulfonamides is 1. The topological polar surface area (TPSA) is 118 Å². The van der Waals surface area contributed by atoms with Crippen molar-refractivity contribution in [3.8, 4) is 5.75 Å². The summed E-state index contributed by atoms with van der Waals surface area (Å²) in [6.07, 6.45) is 3.09. The van der Waals surface area contributed by atoms with Crippen LogP contribution in [0.1, 0.15) is 0 Å². The second-order valence-electron chi connectivity index (χ2n) is 5.60. The second-order valence-corrected chi connectivity index (χ2v) is 7.34. The molecule has 0 aliphatic rings. The largest absolute Gasteiger partial charge is 0.495 e. The predicted molar refractivity (Wildman–Crippen MR) is 106 cm³/mol. The Balaban J connectivity index is 1.54. The second kappa shape index (κ2) is 9.11. The summed E-state index contributed by atoms with van der Waals surface area (Å²) in [6, 6.07) is 13.7. The number of pyridine rings is 1. The lowest BCUT2D eigenvalue weighted by Gasteiger charge is -2.11. The van der Waals surface area contributed by atoms with E-state index >= 15 is 0 Å². The van der Waals surface area contributed by atoms with E-state index in [-0.39, 0.29) is 11.4 Å². The molecule has 0 radical (unpaired) electrons. The van der Waals surface area contributed by atoms with E-state index < -0.39 is 10.0 Å². The van der Waals surface area contributed by atoms with Gasteiger partial charge < -0.3 is 15.4 Å².